The van der Waals surface area contributed by atoms with Crippen LogP contribution in [0, 0.1) is 18.8 Å². The lowest BCUT2D eigenvalue weighted by Crippen LogP contribution is -2.43. The number of pyridine rings is 1. The van der Waals surface area contributed by atoms with Gasteiger partial charge in [-0.2, -0.15) is 0 Å². The molecule has 3 aliphatic rings. The molecule has 2 saturated carbocycles. The Morgan fingerprint density at radius 3 is 2.56 bits per heavy atom. The number of ketones is 1. The monoisotopic (exact) mass is 461 g/mol. The lowest BCUT2D eigenvalue weighted by molar-refractivity contribution is 0.0933. The molecule has 2 heterocycles. The van der Waals surface area contributed by atoms with E-state index < -0.39 is 5.91 Å². The highest BCUT2D eigenvalue weighted by Crippen LogP contribution is 2.39. The van der Waals surface area contributed by atoms with Gasteiger partial charge in [0.05, 0.1) is 5.56 Å². The smallest absolute Gasteiger partial charge is 0.251 e. The maximum Gasteiger partial charge on any atom is 0.251 e. The molecule has 1 aliphatic heterocycles. The summed E-state index contributed by atoms with van der Waals surface area (Å²) in [6, 6.07) is 7.34. The molecular weight excluding hydrogens is 430 g/mol. The van der Waals surface area contributed by atoms with Gasteiger partial charge in [0.15, 0.2) is 5.78 Å². The van der Waals surface area contributed by atoms with Gasteiger partial charge in [-0.05, 0) is 81.2 Å². The van der Waals surface area contributed by atoms with E-state index in [-0.39, 0.29) is 34.9 Å². The zero-order valence-electron chi connectivity index (χ0n) is 19.4. The van der Waals surface area contributed by atoms with Crippen LogP contribution in [0.2, 0.25) is 0 Å². The summed E-state index contributed by atoms with van der Waals surface area (Å²) in [6.07, 6.45) is 7.67. The van der Waals surface area contributed by atoms with Gasteiger partial charge in [-0.1, -0.05) is 0 Å². The van der Waals surface area contributed by atoms with Crippen LogP contribution in [-0.2, 0) is 0 Å². The molecule has 2 amide bonds. The van der Waals surface area contributed by atoms with Crippen LogP contribution in [-0.4, -0.2) is 41.2 Å². The largest absolute Gasteiger partial charge is 0.398 e. The first-order chi connectivity index (χ1) is 16.3. The molecule has 0 spiro atoms. The summed E-state index contributed by atoms with van der Waals surface area (Å²) in [4.78, 5) is 43.9. The maximum absolute atomic E-state index is 13.0. The molecule has 2 aliphatic carbocycles. The number of amides is 2. The highest BCUT2D eigenvalue weighted by molar-refractivity contribution is 6.02. The fourth-order valence-electron chi connectivity index (χ4n) is 5.62. The van der Waals surface area contributed by atoms with E-state index in [2.05, 4.69) is 15.2 Å². The Labute approximate surface area is 199 Å². The third-order valence-electron chi connectivity index (χ3n) is 7.55. The number of rotatable bonds is 6. The van der Waals surface area contributed by atoms with Crippen LogP contribution in [0.5, 0.6) is 0 Å². The number of aromatic nitrogens is 1. The molecule has 1 aromatic heterocycles. The van der Waals surface area contributed by atoms with Crippen molar-refractivity contribution in [2.75, 3.05) is 17.2 Å². The van der Waals surface area contributed by atoms with E-state index in [9.17, 15) is 14.4 Å². The van der Waals surface area contributed by atoms with Crippen molar-refractivity contribution in [3.8, 4) is 0 Å². The Bertz CT molecular complexity index is 1140. The topological polar surface area (TPSA) is 131 Å². The third-order valence-corrected chi connectivity index (χ3v) is 7.55. The molecule has 0 radical (unpaired) electrons. The minimum absolute atomic E-state index is 0.0512. The number of hydrogen-bond donors (Lipinski definition) is 3. The minimum Gasteiger partial charge on any atom is -0.398 e. The molecule has 2 aromatic rings. The Morgan fingerprint density at radius 1 is 1.09 bits per heavy atom. The standard InChI is InChI=1S/C26H31N5O3/c1-14-9-20(25(28)33)21(27)12-19(14)26(34)30-18-10-16-3-2-8-31(22(16)11-18)23-7-6-17(13-29-23)24(32)15-4-5-15/h6-7,9,12-13,15-16,18,22H,2-5,8,10-11,27H2,1H3,(H2,28,33)(H,30,34). The summed E-state index contributed by atoms with van der Waals surface area (Å²) in [6.45, 7) is 2.70. The fraction of sp³-hybridized carbons (Fsp3) is 0.462. The van der Waals surface area contributed by atoms with Crippen LogP contribution < -0.4 is 21.7 Å². The summed E-state index contributed by atoms with van der Waals surface area (Å²) in [5, 5.41) is 3.18. The van der Waals surface area contributed by atoms with Gasteiger partial charge in [-0.3, -0.25) is 14.4 Å². The second-order valence-electron chi connectivity index (χ2n) is 9.97. The molecule has 8 heteroatoms. The van der Waals surface area contributed by atoms with Crippen molar-refractivity contribution < 1.29 is 14.4 Å². The molecule has 8 nitrogen and oxygen atoms in total. The average Bonchev–Trinajstić information content (AvgIpc) is 3.59. The van der Waals surface area contributed by atoms with Crippen molar-refractivity contribution in [1.29, 1.82) is 0 Å². The van der Waals surface area contributed by atoms with Crippen LogP contribution in [0.1, 0.15) is 75.2 Å². The number of primary amides is 1. The van der Waals surface area contributed by atoms with Gasteiger partial charge in [0.2, 0.25) is 0 Å². The molecule has 5 N–H and O–H groups in total. The van der Waals surface area contributed by atoms with Crippen LogP contribution in [0.3, 0.4) is 0 Å². The van der Waals surface area contributed by atoms with Crippen LogP contribution in [0.25, 0.3) is 0 Å². The van der Waals surface area contributed by atoms with Crippen LogP contribution >= 0.6 is 0 Å². The summed E-state index contributed by atoms with van der Waals surface area (Å²) < 4.78 is 0. The summed E-state index contributed by atoms with van der Waals surface area (Å²) in [5.41, 5.74) is 13.6. The first-order valence-electron chi connectivity index (χ1n) is 12.1. The zero-order valence-corrected chi connectivity index (χ0v) is 19.4. The molecule has 34 heavy (non-hydrogen) atoms. The number of nitrogens with one attached hydrogen (secondary N) is 1. The number of anilines is 2. The number of hydrogen-bond acceptors (Lipinski definition) is 6. The fourth-order valence-corrected chi connectivity index (χ4v) is 5.62. The summed E-state index contributed by atoms with van der Waals surface area (Å²) in [5.74, 6) is 0.996. The molecule has 1 aromatic carbocycles. The molecule has 3 fully saturated rings. The van der Waals surface area contributed by atoms with E-state index in [4.69, 9.17) is 11.5 Å². The molecule has 3 unspecified atom stereocenters. The van der Waals surface area contributed by atoms with E-state index in [1.807, 2.05) is 12.1 Å². The van der Waals surface area contributed by atoms with Gasteiger partial charge < -0.3 is 21.7 Å². The second-order valence-corrected chi connectivity index (χ2v) is 9.97. The predicted molar refractivity (Wildman–Crippen MR) is 130 cm³/mol. The van der Waals surface area contributed by atoms with Gasteiger partial charge in [0, 0.05) is 47.6 Å². The highest BCUT2D eigenvalue weighted by Gasteiger charge is 2.41. The number of fused-ring (bicyclic) bond motifs is 1. The second kappa shape index (κ2) is 8.74. The number of carbonyl (C=O) groups is 3. The Hall–Kier alpha value is -3.42. The van der Waals surface area contributed by atoms with Crippen molar-refractivity contribution in [1.82, 2.24) is 10.3 Å². The highest BCUT2D eigenvalue weighted by atomic mass is 16.2. The van der Waals surface area contributed by atoms with E-state index in [1.165, 1.54) is 6.07 Å². The Balaban J connectivity index is 1.27. The summed E-state index contributed by atoms with van der Waals surface area (Å²) >= 11 is 0. The van der Waals surface area contributed by atoms with Crippen molar-refractivity contribution >= 4 is 29.1 Å². The number of nitrogens with zero attached hydrogens (tertiary/aromatic N) is 2. The normalized spacial score (nSPS) is 23.9. The average molecular weight is 462 g/mol. The lowest BCUT2D eigenvalue weighted by Gasteiger charge is -2.38. The quantitative estimate of drug-likeness (QED) is 0.448. The van der Waals surface area contributed by atoms with E-state index in [1.54, 1.807) is 19.2 Å². The first-order valence-corrected chi connectivity index (χ1v) is 12.1. The van der Waals surface area contributed by atoms with E-state index >= 15 is 0 Å². The molecule has 5 rings (SSSR count). The third kappa shape index (κ3) is 4.24. The maximum atomic E-state index is 13.0. The Morgan fingerprint density at radius 2 is 1.88 bits per heavy atom. The number of carbonyl (C=O) groups excluding carboxylic acids is 3. The number of piperidine rings is 1. The van der Waals surface area contributed by atoms with Gasteiger partial charge in [-0.15, -0.1) is 0 Å². The molecule has 1 saturated heterocycles. The van der Waals surface area contributed by atoms with Gasteiger partial charge in [-0.25, -0.2) is 4.98 Å². The van der Waals surface area contributed by atoms with Crippen molar-refractivity contribution in [3.63, 3.8) is 0 Å². The van der Waals surface area contributed by atoms with Crippen LogP contribution in [0.15, 0.2) is 30.5 Å². The molecule has 178 valence electrons. The summed E-state index contributed by atoms with van der Waals surface area (Å²) in [7, 11) is 0. The lowest BCUT2D eigenvalue weighted by atomic mass is 9.92. The zero-order chi connectivity index (χ0) is 24.0. The Kier molecular flexibility index (Phi) is 5.75. The van der Waals surface area contributed by atoms with E-state index in [0.717, 1.165) is 50.9 Å². The first kappa shape index (κ1) is 22.4. The minimum atomic E-state index is -0.605. The SMILES string of the molecule is Cc1cc(C(N)=O)c(N)cc1C(=O)NC1CC2CCCN(c3ccc(C(=O)C4CC4)cn3)C2C1. The molecule has 3 atom stereocenters. The van der Waals surface area contributed by atoms with Crippen molar-refractivity contribution in [2.24, 2.45) is 17.6 Å². The molecular formula is C26H31N5O3. The predicted octanol–water partition coefficient (Wildman–Crippen LogP) is 2.84. The van der Waals surface area contributed by atoms with Gasteiger partial charge in [0.25, 0.3) is 11.8 Å². The number of aryl methyl sites for hydroxylation is 1. The van der Waals surface area contributed by atoms with Crippen molar-refractivity contribution in [3.05, 3.63) is 52.7 Å². The van der Waals surface area contributed by atoms with E-state index in [0.29, 0.717) is 28.7 Å². The number of nitrogens with two attached hydrogens (primary N) is 2. The van der Waals surface area contributed by atoms with Gasteiger partial charge >= 0.3 is 0 Å². The molecule has 0 bridgehead atoms. The van der Waals surface area contributed by atoms with Crippen molar-refractivity contribution in [2.45, 2.75) is 57.5 Å². The van der Waals surface area contributed by atoms with Crippen LogP contribution in [0.4, 0.5) is 11.5 Å². The number of nitrogen functional groups attached to an aromatic ring is 1. The van der Waals surface area contributed by atoms with Gasteiger partial charge in [0.1, 0.15) is 5.82 Å². The number of benzene rings is 1. The number of Topliss-reactive ketones (excluding diaryl/α,β-unsaturated/α-hetero) is 1.